The number of fused-ring (bicyclic) bond motifs is 6. The van der Waals surface area contributed by atoms with Gasteiger partial charge >= 0.3 is 0 Å². The zero-order valence-electron chi connectivity index (χ0n) is 27.5. The van der Waals surface area contributed by atoms with Gasteiger partial charge in [0, 0.05) is 0 Å². The van der Waals surface area contributed by atoms with Crippen molar-refractivity contribution < 1.29 is 0 Å². The second-order valence-electron chi connectivity index (χ2n) is 14.1. The highest BCUT2D eigenvalue weighted by Crippen LogP contribution is 2.60. The number of hydrogen-bond acceptors (Lipinski definition) is 0. The Labute approximate surface area is 279 Å². The molecule has 0 heterocycles. The first kappa shape index (κ1) is 26.4. The summed E-state index contributed by atoms with van der Waals surface area (Å²) < 4.78 is 0. The van der Waals surface area contributed by atoms with E-state index in [0.717, 1.165) is 0 Å². The fourth-order valence-electron chi connectivity index (χ4n) is 9.73. The smallest absolute Gasteiger partial charge is 0.000720 e. The highest BCUT2D eigenvalue weighted by molar-refractivity contribution is 6.40. The van der Waals surface area contributed by atoms with Crippen LogP contribution >= 0.6 is 0 Å². The molecule has 0 bridgehead atoms. The van der Waals surface area contributed by atoms with E-state index < -0.39 is 0 Å². The van der Waals surface area contributed by atoms with Crippen LogP contribution < -0.4 is 0 Å². The van der Waals surface area contributed by atoms with Crippen LogP contribution in [0.2, 0.25) is 0 Å². The Hall–Kier alpha value is -5.72. The zero-order valence-corrected chi connectivity index (χ0v) is 27.5. The normalized spacial score (nSPS) is 12.9. The first-order valence-corrected chi connectivity index (χ1v) is 17.1. The molecule has 0 N–H and O–H groups in total. The van der Waals surface area contributed by atoms with Crippen LogP contribution in [0.25, 0.3) is 111 Å². The minimum Gasteiger partial charge on any atom is -0.0617 e. The van der Waals surface area contributed by atoms with Gasteiger partial charge in [0.15, 0.2) is 0 Å². The minimum atomic E-state index is 1.32. The Morgan fingerprint density at radius 3 is 1.10 bits per heavy atom. The molecule has 48 heavy (non-hydrogen) atoms. The van der Waals surface area contributed by atoms with Crippen molar-refractivity contribution in [1.29, 1.82) is 0 Å². The lowest BCUT2D eigenvalue weighted by molar-refractivity contribution is 1.38. The van der Waals surface area contributed by atoms with Crippen molar-refractivity contribution in [2.45, 2.75) is 27.7 Å². The van der Waals surface area contributed by atoms with E-state index >= 15 is 0 Å². The van der Waals surface area contributed by atoms with Gasteiger partial charge in [-0.2, -0.15) is 0 Å². The lowest BCUT2D eigenvalue weighted by Gasteiger charge is -2.24. The van der Waals surface area contributed by atoms with Crippen molar-refractivity contribution in [2.24, 2.45) is 0 Å². The molecule has 2 aliphatic carbocycles. The molecule has 0 saturated heterocycles. The summed E-state index contributed by atoms with van der Waals surface area (Å²) in [5.74, 6) is 0. The molecule has 0 nitrogen and oxygen atoms in total. The third kappa shape index (κ3) is 3.07. The third-order valence-corrected chi connectivity index (χ3v) is 11.6. The topological polar surface area (TPSA) is 0 Å². The van der Waals surface area contributed by atoms with Crippen molar-refractivity contribution >= 4 is 66.0 Å². The standard InChI is InChI=1S/C48H32/c1-25-9-7-10-26(2)39(25)45-31-13-5-6-14-32(31)46(40-27(3)11-8-12-28(40)4)48-38-24-22-36-34-20-18-30-16-15-29-17-19-33(42(34)41(29)30)35-21-23-37(47(45)48)44(38)43(35)36/h5-24H,1-4H3. The lowest BCUT2D eigenvalue weighted by Crippen LogP contribution is -1.98. The summed E-state index contributed by atoms with van der Waals surface area (Å²) in [5.41, 5.74) is 18.9. The van der Waals surface area contributed by atoms with Crippen molar-refractivity contribution in [1.82, 2.24) is 0 Å². The van der Waals surface area contributed by atoms with Gasteiger partial charge in [0.2, 0.25) is 0 Å². The van der Waals surface area contributed by atoms with Gasteiger partial charge in [0.25, 0.3) is 0 Å². The number of hydrogen-bond donors (Lipinski definition) is 0. The van der Waals surface area contributed by atoms with Gasteiger partial charge in [-0.25, -0.2) is 0 Å². The molecule has 0 aromatic heterocycles. The molecule has 0 saturated carbocycles. The number of benzene rings is 9. The molecule has 0 spiro atoms. The van der Waals surface area contributed by atoms with E-state index in [9.17, 15) is 0 Å². The van der Waals surface area contributed by atoms with Gasteiger partial charge in [-0.05, 0) is 159 Å². The predicted octanol–water partition coefficient (Wildman–Crippen LogP) is 13.6. The maximum absolute atomic E-state index is 2.45. The van der Waals surface area contributed by atoms with Crippen LogP contribution in [-0.2, 0) is 0 Å². The molecule has 0 radical (unpaired) electrons. The first-order valence-electron chi connectivity index (χ1n) is 17.1. The van der Waals surface area contributed by atoms with Crippen LogP contribution in [0.15, 0.2) is 109 Å². The Morgan fingerprint density at radius 2 is 0.667 bits per heavy atom. The van der Waals surface area contributed by atoms with Crippen molar-refractivity contribution in [2.75, 3.05) is 0 Å². The van der Waals surface area contributed by atoms with Gasteiger partial charge in [-0.1, -0.05) is 121 Å². The molecule has 0 heteroatoms. The molecule has 9 aromatic rings. The molecule has 11 rings (SSSR count). The summed E-state index contributed by atoms with van der Waals surface area (Å²) in [7, 11) is 0. The van der Waals surface area contributed by atoms with E-state index in [-0.39, 0.29) is 0 Å². The Bertz CT molecular complexity index is 2730. The van der Waals surface area contributed by atoms with Crippen LogP contribution in [0.4, 0.5) is 0 Å². The second kappa shape index (κ2) is 9.00. The molecule has 9 aromatic carbocycles. The Morgan fingerprint density at radius 1 is 0.271 bits per heavy atom. The molecule has 0 aliphatic heterocycles. The highest BCUT2D eigenvalue weighted by Gasteiger charge is 2.33. The van der Waals surface area contributed by atoms with Gasteiger partial charge in [-0.3, -0.25) is 0 Å². The summed E-state index contributed by atoms with van der Waals surface area (Å²) in [4.78, 5) is 0. The SMILES string of the molecule is Cc1cccc(C)c1-c1c2c(c(-c3c(C)cccc3C)c3ccccc13)-c1ccc3c4ccc5c6c(ccc(c7ccc-2c1c73)c64)C=C5. The summed E-state index contributed by atoms with van der Waals surface area (Å²) in [6.07, 6.45) is 4.55. The average Bonchev–Trinajstić information content (AvgIpc) is 3.67. The van der Waals surface area contributed by atoms with E-state index in [0.29, 0.717) is 0 Å². The van der Waals surface area contributed by atoms with Crippen molar-refractivity contribution in [3.05, 3.63) is 143 Å². The predicted molar refractivity (Wildman–Crippen MR) is 208 cm³/mol. The molecular formula is C48H32. The van der Waals surface area contributed by atoms with Crippen LogP contribution in [0.5, 0.6) is 0 Å². The Balaban J connectivity index is 1.40. The minimum absolute atomic E-state index is 1.32. The van der Waals surface area contributed by atoms with Crippen molar-refractivity contribution in [3.8, 4) is 44.5 Å². The summed E-state index contributed by atoms with van der Waals surface area (Å²) >= 11 is 0. The first-order chi connectivity index (χ1) is 23.5. The summed E-state index contributed by atoms with van der Waals surface area (Å²) in [6.45, 7) is 9.12. The maximum Gasteiger partial charge on any atom is -0.000720 e. The lowest BCUT2D eigenvalue weighted by atomic mass is 9.79. The molecule has 0 unspecified atom stereocenters. The van der Waals surface area contributed by atoms with Gasteiger partial charge in [0.05, 0.1) is 0 Å². The van der Waals surface area contributed by atoms with Crippen molar-refractivity contribution in [3.63, 3.8) is 0 Å². The summed E-state index contributed by atoms with van der Waals surface area (Å²) in [5, 5.41) is 13.7. The maximum atomic E-state index is 2.45. The fourth-order valence-corrected chi connectivity index (χ4v) is 9.73. The van der Waals surface area contributed by atoms with E-state index in [1.54, 1.807) is 0 Å². The zero-order chi connectivity index (χ0) is 32.0. The molecule has 2 aliphatic rings. The van der Waals surface area contributed by atoms with E-state index in [2.05, 4.69) is 149 Å². The van der Waals surface area contributed by atoms with Gasteiger partial charge in [0.1, 0.15) is 0 Å². The summed E-state index contributed by atoms with van der Waals surface area (Å²) in [6, 6.07) is 41.8. The van der Waals surface area contributed by atoms with E-state index in [4.69, 9.17) is 0 Å². The largest absolute Gasteiger partial charge is 0.0617 e. The molecule has 0 amide bonds. The molecule has 0 atom stereocenters. The van der Waals surface area contributed by atoms with Gasteiger partial charge in [-0.15, -0.1) is 0 Å². The Kier molecular flexibility index (Phi) is 4.94. The second-order valence-corrected chi connectivity index (χ2v) is 14.1. The third-order valence-electron chi connectivity index (χ3n) is 11.6. The van der Waals surface area contributed by atoms with Crippen LogP contribution in [0, 0.1) is 27.7 Å². The van der Waals surface area contributed by atoms with Gasteiger partial charge < -0.3 is 0 Å². The quantitative estimate of drug-likeness (QED) is 0.135. The highest BCUT2D eigenvalue weighted by atomic mass is 14.4. The number of aryl methyl sites for hydroxylation is 4. The fraction of sp³-hybridized carbons (Fsp3) is 0.0833. The van der Waals surface area contributed by atoms with E-state index in [1.165, 1.54) is 132 Å². The van der Waals surface area contributed by atoms with Crippen LogP contribution in [-0.4, -0.2) is 0 Å². The molecular weight excluding hydrogens is 577 g/mol. The van der Waals surface area contributed by atoms with Crippen LogP contribution in [0.3, 0.4) is 0 Å². The monoisotopic (exact) mass is 608 g/mol. The average molecular weight is 609 g/mol. The molecule has 0 fully saturated rings. The van der Waals surface area contributed by atoms with Crippen LogP contribution in [0.1, 0.15) is 33.4 Å². The number of rotatable bonds is 2. The molecule has 224 valence electrons. The van der Waals surface area contributed by atoms with E-state index in [1.807, 2.05) is 0 Å².